The van der Waals surface area contributed by atoms with Crippen LogP contribution in [-0.2, 0) is 0 Å². The van der Waals surface area contributed by atoms with Crippen LogP contribution in [0.1, 0.15) is 51.0 Å². The highest BCUT2D eigenvalue weighted by atomic mass is 35.5. The Labute approximate surface area is 218 Å². The van der Waals surface area contributed by atoms with E-state index in [0.29, 0.717) is 49.0 Å². The molecule has 0 N–H and O–H groups in total. The van der Waals surface area contributed by atoms with E-state index in [1.54, 1.807) is 31.4 Å². The fourth-order valence-corrected chi connectivity index (χ4v) is 5.13. The highest BCUT2D eigenvalue weighted by Gasteiger charge is 2.15. The van der Waals surface area contributed by atoms with Crippen LogP contribution in [0.4, 0.5) is 0 Å². The Morgan fingerprint density at radius 1 is 1.03 bits per heavy atom. The lowest BCUT2D eigenvalue weighted by Crippen LogP contribution is -2.23. The lowest BCUT2D eigenvalue weighted by atomic mass is 10.1. The third-order valence-corrected chi connectivity index (χ3v) is 7.10. The fraction of sp³-hybridized carbons (Fsp3) is 0.346. The van der Waals surface area contributed by atoms with Crippen LogP contribution in [0.2, 0.25) is 10.0 Å². The van der Waals surface area contributed by atoms with Gasteiger partial charge in [-0.15, -0.1) is 5.10 Å². The summed E-state index contributed by atoms with van der Waals surface area (Å²) in [5.74, 6) is 1.72. The molecule has 0 aliphatic heterocycles. The van der Waals surface area contributed by atoms with Crippen molar-refractivity contribution in [3.8, 4) is 22.9 Å². The standard InChI is InChI=1S/C26H27Cl2N3O3S/c1-3-4-5-6-7-8-13-34-21-12-9-17(14-22(21)33-2)15-23-25(32)31-26(35-23)29-24(30-31)19-11-10-18(27)16-20(19)28/h9-12,14-16H,3-8,13H2,1-2H3/b23-15+. The van der Waals surface area contributed by atoms with Gasteiger partial charge in [-0.1, -0.05) is 79.6 Å². The van der Waals surface area contributed by atoms with Crippen LogP contribution in [-0.4, -0.2) is 28.3 Å². The van der Waals surface area contributed by atoms with Crippen molar-refractivity contribution in [3.63, 3.8) is 0 Å². The van der Waals surface area contributed by atoms with Crippen LogP contribution in [0.5, 0.6) is 11.5 Å². The van der Waals surface area contributed by atoms with Crippen LogP contribution < -0.4 is 19.6 Å². The van der Waals surface area contributed by atoms with Crippen molar-refractivity contribution in [2.75, 3.05) is 13.7 Å². The number of fused-ring (bicyclic) bond motifs is 1. The number of aromatic nitrogens is 3. The van der Waals surface area contributed by atoms with Gasteiger partial charge >= 0.3 is 0 Å². The summed E-state index contributed by atoms with van der Waals surface area (Å²) >= 11 is 13.5. The molecule has 0 atom stereocenters. The Morgan fingerprint density at radius 2 is 1.83 bits per heavy atom. The summed E-state index contributed by atoms with van der Waals surface area (Å²) in [7, 11) is 1.61. The van der Waals surface area contributed by atoms with Crippen molar-refractivity contribution >= 4 is 45.6 Å². The van der Waals surface area contributed by atoms with Gasteiger partial charge in [0, 0.05) is 10.6 Å². The average molecular weight is 532 g/mol. The van der Waals surface area contributed by atoms with E-state index in [0.717, 1.165) is 12.0 Å². The average Bonchev–Trinajstić information content (AvgIpc) is 3.38. The van der Waals surface area contributed by atoms with Crippen LogP contribution in [0, 0.1) is 0 Å². The molecule has 0 spiro atoms. The maximum atomic E-state index is 12.9. The highest BCUT2D eigenvalue weighted by molar-refractivity contribution is 7.15. The van der Waals surface area contributed by atoms with Gasteiger partial charge in [-0.2, -0.15) is 9.50 Å². The van der Waals surface area contributed by atoms with Crippen molar-refractivity contribution in [3.05, 3.63) is 66.9 Å². The van der Waals surface area contributed by atoms with E-state index in [1.165, 1.54) is 48.0 Å². The van der Waals surface area contributed by atoms with Gasteiger partial charge in [0.2, 0.25) is 4.96 Å². The summed E-state index contributed by atoms with van der Waals surface area (Å²) in [5, 5.41) is 5.31. The van der Waals surface area contributed by atoms with Gasteiger partial charge in [-0.3, -0.25) is 4.79 Å². The van der Waals surface area contributed by atoms with Crippen LogP contribution in [0.25, 0.3) is 22.4 Å². The molecule has 0 fully saturated rings. The lowest BCUT2D eigenvalue weighted by molar-refractivity contribution is 0.284. The molecule has 0 bridgehead atoms. The Kier molecular flexibility index (Phi) is 8.65. The zero-order valence-corrected chi connectivity index (χ0v) is 22.1. The predicted octanol–water partition coefficient (Wildman–Crippen LogP) is 6.42. The molecule has 4 rings (SSSR count). The maximum Gasteiger partial charge on any atom is 0.291 e. The van der Waals surface area contributed by atoms with E-state index in [2.05, 4.69) is 17.0 Å². The molecule has 2 aromatic carbocycles. The molecule has 0 aliphatic rings. The number of hydrogen-bond acceptors (Lipinski definition) is 6. The fourth-order valence-electron chi connectivity index (χ4n) is 3.73. The largest absolute Gasteiger partial charge is 0.493 e. The van der Waals surface area contributed by atoms with Crippen LogP contribution in [0.3, 0.4) is 0 Å². The minimum atomic E-state index is -0.240. The third kappa shape index (κ3) is 6.15. The molecular formula is C26H27Cl2N3O3S. The molecule has 0 saturated heterocycles. The molecule has 2 aromatic heterocycles. The first-order chi connectivity index (χ1) is 17.0. The number of hydrogen-bond donors (Lipinski definition) is 0. The molecule has 0 radical (unpaired) electrons. The summed E-state index contributed by atoms with van der Waals surface area (Å²) in [6.07, 6.45) is 9.06. The summed E-state index contributed by atoms with van der Waals surface area (Å²) in [6.45, 7) is 2.88. The SMILES string of the molecule is CCCCCCCCOc1ccc(/C=c2/sc3nc(-c4ccc(Cl)cc4Cl)nn3c2=O)cc1OC. The van der Waals surface area contributed by atoms with E-state index in [4.69, 9.17) is 32.7 Å². The van der Waals surface area contributed by atoms with Gasteiger partial charge < -0.3 is 9.47 Å². The zero-order valence-electron chi connectivity index (χ0n) is 19.7. The second kappa shape index (κ2) is 11.9. The zero-order chi connectivity index (χ0) is 24.8. The van der Waals surface area contributed by atoms with Gasteiger partial charge in [-0.25, -0.2) is 0 Å². The molecule has 2 heterocycles. The number of halogens is 2. The molecule has 35 heavy (non-hydrogen) atoms. The quantitative estimate of drug-likeness (QED) is 0.209. The second-order valence-electron chi connectivity index (χ2n) is 8.20. The van der Waals surface area contributed by atoms with E-state index in [9.17, 15) is 4.79 Å². The van der Waals surface area contributed by atoms with Gasteiger partial charge in [-0.05, 0) is 48.4 Å². The van der Waals surface area contributed by atoms with E-state index >= 15 is 0 Å². The van der Waals surface area contributed by atoms with Crippen molar-refractivity contribution < 1.29 is 9.47 Å². The number of nitrogens with zero attached hydrogens (tertiary/aromatic N) is 3. The summed E-state index contributed by atoms with van der Waals surface area (Å²) < 4.78 is 13.3. The lowest BCUT2D eigenvalue weighted by Gasteiger charge is -2.11. The normalized spacial score (nSPS) is 11.9. The number of thiazole rings is 1. The van der Waals surface area contributed by atoms with Gasteiger partial charge in [0.15, 0.2) is 17.3 Å². The van der Waals surface area contributed by atoms with E-state index in [1.807, 2.05) is 18.2 Å². The summed E-state index contributed by atoms with van der Waals surface area (Å²) in [4.78, 5) is 17.9. The molecule has 4 aromatic rings. The number of ether oxygens (including phenoxy) is 2. The smallest absolute Gasteiger partial charge is 0.291 e. The second-order valence-corrected chi connectivity index (χ2v) is 10.0. The third-order valence-electron chi connectivity index (χ3n) is 5.59. The minimum absolute atomic E-state index is 0.240. The van der Waals surface area contributed by atoms with Crippen LogP contribution >= 0.6 is 34.5 Å². The number of benzene rings is 2. The van der Waals surface area contributed by atoms with Gasteiger partial charge in [0.25, 0.3) is 5.56 Å². The van der Waals surface area contributed by atoms with E-state index < -0.39 is 0 Å². The van der Waals surface area contributed by atoms with Crippen molar-refractivity contribution in [2.24, 2.45) is 0 Å². The summed E-state index contributed by atoms with van der Waals surface area (Å²) in [5.41, 5.74) is 1.21. The van der Waals surface area contributed by atoms with Gasteiger partial charge in [0.05, 0.1) is 23.3 Å². The first kappa shape index (κ1) is 25.5. The van der Waals surface area contributed by atoms with Crippen molar-refractivity contribution in [1.29, 1.82) is 0 Å². The summed E-state index contributed by atoms with van der Waals surface area (Å²) in [6, 6.07) is 10.7. The number of methoxy groups -OCH3 is 1. The Bertz CT molecular complexity index is 1420. The molecule has 0 saturated carbocycles. The predicted molar refractivity (Wildman–Crippen MR) is 143 cm³/mol. The minimum Gasteiger partial charge on any atom is -0.493 e. The molecule has 9 heteroatoms. The molecular weight excluding hydrogens is 505 g/mol. The number of unbranched alkanes of at least 4 members (excludes halogenated alkanes) is 5. The Balaban J connectivity index is 1.50. The number of rotatable bonds is 11. The molecule has 6 nitrogen and oxygen atoms in total. The first-order valence-electron chi connectivity index (χ1n) is 11.7. The molecule has 0 aliphatic carbocycles. The van der Waals surface area contributed by atoms with Crippen LogP contribution in [0.15, 0.2) is 41.2 Å². The van der Waals surface area contributed by atoms with E-state index in [-0.39, 0.29) is 5.56 Å². The monoisotopic (exact) mass is 531 g/mol. The highest BCUT2D eigenvalue weighted by Crippen LogP contribution is 2.30. The molecule has 0 amide bonds. The Morgan fingerprint density at radius 3 is 2.57 bits per heavy atom. The Hall–Kier alpha value is -2.61. The van der Waals surface area contributed by atoms with Crippen molar-refractivity contribution in [2.45, 2.75) is 45.4 Å². The topological polar surface area (TPSA) is 65.7 Å². The first-order valence-corrected chi connectivity index (χ1v) is 13.2. The molecule has 184 valence electrons. The van der Waals surface area contributed by atoms with Gasteiger partial charge in [0.1, 0.15) is 0 Å². The maximum absolute atomic E-state index is 12.9. The molecule has 0 unspecified atom stereocenters. The van der Waals surface area contributed by atoms with Crippen molar-refractivity contribution in [1.82, 2.24) is 14.6 Å².